The highest BCUT2D eigenvalue weighted by atomic mass is 35.5. The number of amides is 4. The van der Waals surface area contributed by atoms with E-state index in [9.17, 15) is 14.4 Å². The van der Waals surface area contributed by atoms with Crippen molar-refractivity contribution < 1.29 is 23.9 Å². The lowest BCUT2D eigenvalue weighted by Crippen LogP contribution is -2.57. The number of anilines is 2. The molecule has 0 saturated carbocycles. The Morgan fingerprint density at radius 2 is 1.30 bits per heavy atom. The first-order valence-corrected chi connectivity index (χ1v) is 12.9. The zero-order valence-corrected chi connectivity index (χ0v) is 22.7. The fourth-order valence-corrected chi connectivity index (χ4v) is 4.60. The van der Waals surface area contributed by atoms with Gasteiger partial charge in [-0.15, -0.1) is 0 Å². The number of hydrogen-bond donors (Lipinski definition) is 0. The van der Waals surface area contributed by atoms with Gasteiger partial charge in [0, 0.05) is 5.02 Å². The molecule has 4 aromatic carbocycles. The van der Waals surface area contributed by atoms with Gasteiger partial charge in [0.25, 0.3) is 11.8 Å². The van der Waals surface area contributed by atoms with Crippen molar-refractivity contribution in [3.8, 4) is 11.5 Å². The fraction of sp³-hybridized carbons (Fsp3) is 0.0645. The molecule has 9 heteroatoms. The van der Waals surface area contributed by atoms with Crippen molar-refractivity contribution in [2.45, 2.75) is 6.61 Å². The first kappa shape index (κ1) is 27.0. The minimum Gasteiger partial charge on any atom is -0.493 e. The minimum atomic E-state index is -0.772. The molecule has 40 heavy (non-hydrogen) atoms. The number of carbonyl (C=O) groups is 3. The van der Waals surface area contributed by atoms with Crippen LogP contribution in [0.2, 0.25) is 10.0 Å². The van der Waals surface area contributed by atoms with E-state index < -0.39 is 17.8 Å². The molecule has 0 aliphatic carbocycles. The van der Waals surface area contributed by atoms with Crippen LogP contribution in [0.15, 0.2) is 103 Å². The van der Waals surface area contributed by atoms with Gasteiger partial charge in [-0.2, -0.15) is 0 Å². The van der Waals surface area contributed by atoms with Crippen molar-refractivity contribution in [3.63, 3.8) is 0 Å². The molecule has 0 unspecified atom stereocenters. The summed E-state index contributed by atoms with van der Waals surface area (Å²) in [6, 6.07) is 26.4. The number of hydrogen-bond acceptors (Lipinski definition) is 5. The van der Waals surface area contributed by atoms with Gasteiger partial charge in [0.1, 0.15) is 12.2 Å². The van der Waals surface area contributed by atoms with Crippen LogP contribution >= 0.6 is 23.2 Å². The Bertz CT molecular complexity index is 1540. The number of imide groups is 2. The molecule has 5 rings (SSSR count). The number of halogens is 2. The second-order valence-electron chi connectivity index (χ2n) is 8.74. The molecule has 4 amide bonds. The third kappa shape index (κ3) is 5.43. The van der Waals surface area contributed by atoms with Crippen LogP contribution in [0.1, 0.15) is 11.1 Å². The standard InChI is InChI=1S/C31H22Cl2N2O5/c1-39-27-18-21(17-26(33)28(27)40-19-20-12-14-22(32)15-13-20)16-25-29(36)34(23-8-4-2-5-9-23)31(38)35(30(25)37)24-10-6-3-7-11-24/h2-18H,19H2,1H3. The number of barbiturate groups is 1. The van der Waals surface area contributed by atoms with Crippen molar-refractivity contribution in [3.05, 3.63) is 124 Å². The second kappa shape index (κ2) is 11.7. The van der Waals surface area contributed by atoms with E-state index in [1.165, 1.54) is 13.2 Å². The van der Waals surface area contributed by atoms with Crippen LogP contribution in [0.3, 0.4) is 0 Å². The molecule has 1 saturated heterocycles. The molecule has 0 bridgehead atoms. The van der Waals surface area contributed by atoms with Gasteiger partial charge in [-0.3, -0.25) is 9.59 Å². The Kier molecular flexibility index (Phi) is 7.86. The molecular weight excluding hydrogens is 551 g/mol. The molecule has 0 spiro atoms. The van der Waals surface area contributed by atoms with E-state index in [1.807, 2.05) is 12.1 Å². The zero-order valence-electron chi connectivity index (χ0n) is 21.2. The number of nitrogens with zero attached hydrogens (tertiary/aromatic N) is 2. The highest BCUT2D eigenvalue weighted by Gasteiger charge is 2.43. The molecule has 1 aliphatic rings. The Labute approximate surface area is 240 Å². The first-order valence-electron chi connectivity index (χ1n) is 12.2. The third-order valence-corrected chi connectivity index (χ3v) is 6.67. The van der Waals surface area contributed by atoms with Crippen LogP contribution in [0.5, 0.6) is 11.5 Å². The number of para-hydroxylation sites is 2. The second-order valence-corrected chi connectivity index (χ2v) is 9.59. The van der Waals surface area contributed by atoms with Gasteiger partial charge in [-0.05, 0) is 65.7 Å². The summed E-state index contributed by atoms with van der Waals surface area (Å²) in [5, 5.41) is 0.827. The van der Waals surface area contributed by atoms with Crippen molar-refractivity contribution >= 4 is 58.5 Å². The maximum absolute atomic E-state index is 13.6. The largest absolute Gasteiger partial charge is 0.493 e. The lowest BCUT2D eigenvalue weighted by atomic mass is 10.0. The normalized spacial score (nSPS) is 13.5. The van der Waals surface area contributed by atoms with Gasteiger partial charge in [0.05, 0.1) is 23.5 Å². The lowest BCUT2D eigenvalue weighted by molar-refractivity contribution is -0.121. The average molecular weight is 573 g/mol. The van der Waals surface area contributed by atoms with Gasteiger partial charge in [-0.25, -0.2) is 14.6 Å². The summed E-state index contributed by atoms with van der Waals surface area (Å²) >= 11 is 12.5. The van der Waals surface area contributed by atoms with E-state index in [1.54, 1.807) is 84.9 Å². The average Bonchev–Trinajstić information content (AvgIpc) is 2.96. The van der Waals surface area contributed by atoms with Crippen LogP contribution < -0.4 is 19.3 Å². The Hall–Kier alpha value is -4.59. The number of urea groups is 1. The van der Waals surface area contributed by atoms with Gasteiger partial charge in [-0.1, -0.05) is 71.7 Å². The lowest BCUT2D eigenvalue weighted by Gasteiger charge is -2.34. The number of benzene rings is 4. The highest BCUT2D eigenvalue weighted by molar-refractivity contribution is 6.46. The van der Waals surface area contributed by atoms with Crippen LogP contribution in [-0.4, -0.2) is 25.0 Å². The molecular formula is C31H22Cl2N2O5. The number of methoxy groups -OCH3 is 1. The zero-order chi connectivity index (χ0) is 28.2. The number of rotatable bonds is 7. The molecule has 1 aliphatic heterocycles. The SMILES string of the molecule is COc1cc(C=C2C(=O)N(c3ccccc3)C(=O)N(c3ccccc3)C2=O)cc(Cl)c1OCc1ccc(Cl)cc1. The van der Waals surface area contributed by atoms with Crippen LogP contribution in [0.4, 0.5) is 16.2 Å². The van der Waals surface area contributed by atoms with Crippen molar-refractivity contribution in [1.82, 2.24) is 0 Å². The molecule has 4 aromatic rings. The van der Waals surface area contributed by atoms with Crippen molar-refractivity contribution in [2.75, 3.05) is 16.9 Å². The molecule has 1 fully saturated rings. The molecule has 1 heterocycles. The molecule has 7 nitrogen and oxygen atoms in total. The van der Waals surface area contributed by atoms with Crippen molar-refractivity contribution in [1.29, 1.82) is 0 Å². The van der Waals surface area contributed by atoms with E-state index in [-0.39, 0.29) is 17.2 Å². The van der Waals surface area contributed by atoms with E-state index in [2.05, 4.69) is 0 Å². The Balaban J connectivity index is 1.53. The summed E-state index contributed by atoms with van der Waals surface area (Å²) in [7, 11) is 1.46. The summed E-state index contributed by atoms with van der Waals surface area (Å²) in [6.07, 6.45) is 1.39. The smallest absolute Gasteiger partial charge is 0.343 e. The van der Waals surface area contributed by atoms with Gasteiger partial charge >= 0.3 is 6.03 Å². The van der Waals surface area contributed by atoms with Crippen LogP contribution in [0, 0.1) is 0 Å². The summed E-state index contributed by atoms with van der Waals surface area (Å²) in [6.45, 7) is 0.213. The van der Waals surface area contributed by atoms with Crippen molar-refractivity contribution in [2.24, 2.45) is 0 Å². The van der Waals surface area contributed by atoms with Gasteiger partial charge in [0.15, 0.2) is 11.5 Å². The molecule has 200 valence electrons. The summed E-state index contributed by atoms with van der Waals surface area (Å²) in [5.74, 6) is -0.910. The minimum absolute atomic E-state index is 0.213. The maximum atomic E-state index is 13.6. The summed E-state index contributed by atoms with van der Waals surface area (Å²) in [5.41, 5.74) is 1.73. The molecule has 0 radical (unpaired) electrons. The summed E-state index contributed by atoms with van der Waals surface area (Å²) in [4.78, 5) is 42.6. The number of carbonyl (C=O) groups excluding carboxylic acids is 3. The third-order valence-electron chi connectivity index (χ3n) is 6.14. The first-order chi connectivity index (χ1) is 19.4. The van der Waals surface area contributed by atoms with E-state index >= 15 is 0 Å². The van der Waals surface area contributed by atoms with E-state index in [4.69, 9.17) is 32.7 Å². The van der Waals surface area contributed by atoms with Crippen LogP contribution in [0.25, 0.3) is 6.08 Å². The van der Waals surface area contributed by atoms with Gasteiger partial charge < -0.3 is 9.47 Å². The van der Waals surface area contributed by atoms with Crippen LogP contribution in [-0.2, 0) is 16.2 Å². The molecule has 0 N–H and O–H groups in total. The topological polar surface area (TPSA) is 76.2 Å². The Morgan fingerprint density at radius 3 is 1.82 bits per heavy atom. The maximum Gasteiger partial charge on any atom is 0.343 e. The predicted octanol–water partition coefficient (Wildman–Crippen LogP) is 7.16. The predicted molar refractivity (Wildman–Crippen MR) is 155 cm³/mol. The van der Waals surface area contributed by atoms with Gasteiger partial charge in [0.2, 0.25) is 0 Å². The fourth-order valence-electron chi connectivity index (χ4n) is 4.21. The highest BCUT2D eigenvalue weighted by Crippen LogP contribution is 2.38. The molecule has 0 atom stereocenters. The Morgan fingerprint density at radius 1 is 0.750 bits per heavy atom. The van der Waals surface area contributed by atoms with E-state index in [0.717, 1.165) is 15.4 Å². The monoisotopic (exact) mass is 572 g/mol. The van der Waals surface area contributed by atoms with E-state index in [0.29, 0.717) is 33.5 Å². The molecule has 0 aromatic heterocycles. The number of ether oxygens (including phenoxy) is 2. The quantitative estimate of drug-likeness (QED) is 0.173. The summed E-state index contributed by atoms with van der Waals surface area (Å²) < 4.78 is 11.4.